The predicted molar refractivity (Wildman–Crippen MR) is 67.0 cm³/mol. The Bertz CT molecular complexity index is 550. The van der Waals surface area contributed by atoms with Gasteiger partial charge in [0, 0.05) is 18.5 Å². The minimum absolute atomic E-state index is 0.00241. The van der Waals surface area contributed by atoms with Crippen LogP contribution in [0.3, 0.4) is 0 Å². The van der Waals surface area contributed by atoms with Gasteiger partial charge in [-0.05, 0) is 25.5 Å². The first-order valence-corrected chi connectivity index (χ1v) is 6.07. The van der Waals surface area contributed by atoms with Crippen molar-refractivity contribution >= 4 is 11.8 Å². The molecule has 1 aromatic rings. The molecule has 0 spiro atoms. The molecule has 1 aromatic heterocycles. The van der Waals surface area contributed by atoms with E-state index in [1.165, 1.54) is 0 Å². The van der Waals surface area contributed by atoms with Gasteiger partial charge in [-0.1, -0.05) is 6.07 Å². The Balaban J connectivity index is 2.04. The van der Waals surface area contributed by atoms with Crippen molar-refractivity contribution in [3.63, 3.8) is 0 Å². The standard InChI is InChI=1S/C13H14N4O2/c1-8-10(5-6-12(18)15-8)17-13(19)11-4-2-3-9(7-14)16-11/h2-4,8,10H,5-6H2,1H3,(H,15,18)(H,17,19). The summed E-state index contributed by atoms with van der Waals surface area (Å²) in [5.41, 5.74) is 0.417. The summed E-state index contributed by atoms with van der Waals surface area (Å²) in [6.07, 6.45) is 1.01. The number of aromatic nitrogens is 1. The molecular weight excluding hydrogens is 244 g/mol. The van der Waals surface area contributed by atoms with Gasteiger partial charge in [-0.2, -0.15) is 5.26 Å². The van der Waals surface area contributed by atoms with Gasteiger partial charge in [-0.3, -0.25) is 9.59 Å². The summed E-state index contributed by atoms with van der Waals surface area (Å²) < 4.78 is 0. The first-order valence-electron chi connectivity index (χ1n) is 6.07. The van der Waals surface area contributed by atoms with Crippen LogP contribution in [0.4, 0.5) is 0 Å². The lowest BCUT2D eigenvalue weighted by molar-refractivity contribution is -0.123. The van der Waals surface area contributed by atoms with Crippen LogP contribution in [0.5, 0.6) is 0 Å². The Kier molecular flexibility index (Phi) is 3.76. The quantitative estimate of drug-likeness (QED) is 0.800. The fourth-order valence-electron chi connectivity index (χ4n) is 2.03. The molecule has 2 heterocycles. The molecule has 0 bridgehead atoms. The monoisotopic (exact) mass is 258 g/mol. The summed E-state index contributed by atoms with van der Waals surface area (Å²) in [4.78, 5) is 27.1. The number of hydrogen-bond donors (Lipinski definition) is 2. The molecule has 1 fully saturated rings. The molecule has 0 saturated carbocycles. The number of nitriles is 1. The summed E-state index contributed by atoms with van der Waals surface area (Å²) in [7, 11) is 0. The van der Waals surface area contributed by atoms with Crippen molar-refractivity contribution in [2.75, 3.05) is 0 Å². The van der Waals surface area contributed by atoms with E-state index in [9.17, 15) is 9.59 Å². The Hall–Kier alpha value is -2.42. The molecular formula is C13H14N4O2. The lowest BCUT2D eigenvalue weighted by Crippen LogP contribution is -2.54. The predicted octanol–water partition coefficient (Wildman–Crippen LogP) is 0.350. The maximum atomic E-state index is 12.0. The van der Waals surface area contributed by atoms with Crippen molar-refractivity contribution in [2.45, 2.75) is 31.8 Å². The topological polar surface area (TPSA) is 94.9 Å². The maximum Gasteiger partial charge on any atom is 0.270 e. The largest absolute Gasteiger partial charge is 0.352 e. The third-order valence-corrected chi connectivity index (χ3v) is 3.09. The van der Waals surface area contributed by atoms with E-state index in [0.29, 0.717) is 12.8 Å². The van der Waals surface area contributed by atoms with Crippen LogP contribution < -0.4 is 10.6 Å². The van der Waals surface area contributed by atoms with Gasteiger partial charge in [0.05, 0.1) is 0 Å². The van der Waals surface area contributed by atoms with E-state index < -0.39 is 0 Å². The van der Waals surface area contributed by atoms with E-state index >= 15 is 0 Å². The zero-order chi connectivity index (χ0) is 13.8. The van der Waals surface area contributed by atoms with Gasteiger partial charge < -0.3 is 10.6 Å². The fourth-order valence-corrected chi connectivity index (χ4v) is 2.03. The number of rotatable bonds is 2. The summed E-state index contributed by atoms with van der Waals surface area (Å²) in [6, 6.07) is 6.39. The highest BCUT2D eigenvalue weighted by Gasteiger charge is 2.26. The molecule has 1 saturated heterocycles. The lowest BCUT2D eigenvalue weighted by atomic mass is 9.99. The second-order valence-electron chi connectivity index (χ2n) is 4.49. The zero-order valence-electron chi connectivity index (χ0n) is 10.5. The first kappa shape index (κ1) is 13.0. The number of nitrogens with one attached hydrogen (secondary N) is 2. The third kappa shape index (κ3) is 3.07. The molecule has 0 aliphatic carbocycles. The average molecular weight is 258 g/mol. The zero-order valence-corrected chi connectivity index (χ0v) is 10.5. The molecule has 2 atom stereocenters. The number of carbonyl (C=O) groups is 2. The molecule has 2 unspecified atom stereocenters. The SMILES string of the molecule is CC1NC(=O)CCC1NC(=O)c1cccc(C#N)n1. The van der Waals surface area contributed by atoms with E-state index in [1.807, 2.05) is 13.0 Å². The molecule has 2 rings (SSSR count). The Morgan fingerprint density at radius 3 is 3.05 bits per heavy atom. The molecule has 19 heavy (non-hydrogen) atoms. The van der Waals surface area contributed by atoms with E-state index in [1.54, 1.807) is 18.2 Å². The van der Waals surface area contributed by atoms with Gasteiger partial charge >= 0.3 is 0 Å². The molecule has 2 amide bonds. The van der Waals surface area contributed by atoms with Crippen molar-refractivity contribution < 1.29 is 9.59 Å². The van der Waals surface area contributed by atoms with E-state index in [2.05, 4.69) is 15.6 Å². The molecule has 0 radical (unpaired) electrons. The van der Waals surface area contributed by atoms with Crippen LogP contribution in [0.2, 0.25) is 0 Å². The number of pyridine rings is 1. The van der Waals surface area contributed by atoms with Crippen LogP contribution in [0.15, 0.2) is 18.2 Å². The van der Waals surface area contributed by atoms with Crippen LogP contribution in [0.1, 0.15) is 35.9 Å². The van der Waals surface area contributed by atoms with Crippen molar-refractivity contribution in [1.82, 2.24) is 15.6 Å². The van der Waals surface area contributed by atoms with Crippen LogP contribution >= 0.6 is 0 Å². The van der Waals surface area contributed by atoms with Gasteiger partial charge in [0.1, 0.15) is 17.5 Å². The minimum atomic E-state index is -0.329. The lowest BCUT2D eigenvalue weighted by Gasteiger charge is -2.30. The van der Waals surface area contributed by atoms with Crippen LogP contribution in [-0.2, 0) is 4.79 Å². The molecule has 1 aliphatic rings. The molecule has 2 N–H and O–H groups in total. The molecule has 98 valence electrons. The van der Waals surface area contributed by atoms with Crippen molar-refractivity contribution in [3.8, 4) is 6.07 Å². The highest BCUT2D eigenvalue weighted by Crippen LogP contribution is 2.10. The number of carbonyl (C=O) groups excluding carboxylic acids is 2. The number of amides is 2. The van der Waals surface area contributed by atoms with Gasteiger partial charge in [0.15, 0.2) is 0 Å². The van der Waals surface area contributed by atoms with E-state index in [0.717, 1.165) is 0 Å². The number of piperidine rings is 1. The maximum absolute atomic E-state index is 12.0. The summed E-state index contributed by atoms with van der Waals surface area (Å²) >= 11 is 0. The summed E-state index contributed by atoms with van der Waals surface area (Å²) in [6.45, 7) is 1.85. The minimum Gasteiger partial charge on any atom is -0.352 e. The van der Waals surface area contributed by atoms with Crippen LogP contribution in [-0.4, -0.2) is 28.9 Å². The second-order valence-corrected chi connectivity index (χ2v) is 4.49. The van der Waals surface area contributed by atoms with Gasteiger partial charge in [0.25, 0.3) is 5.91 Å². The second kappa shape index (κ2) is 5.48. The Morgan fingerprint density at radius 1 is 1.58 bits per heavy atom. The Morgan fingerprint density at radius 2 is 2.37 bits per heavy atom. The van der Waals surface area contributed by atoms with E-state index in [-0.39, 0.29) is 35.3 Å². The number of hydrogen-bond acceptors (Lipinski definition) is 4. The molecule has 0 aromatic carbocycles. The molecule has 1 aliphatic heterocycles. The van der Waals surface area contributed by atoms with Gasteiger partial charge in [-0.15, -0.1) is 0 Å². The Labute approximate surface area is 110 Å². The normalized spacial score (nSPS) is 22.2. The first-order chi connectivity index (χ1) is 9.10. The van der Waals surface area contributed by atoms with Crippen LogP contribution in [0, 0.1) is 11.3 Å². The number of nitrogens with zero attached hydrogens (tertiary/aromatic N) is 2. The highest BCUT2D eigenvalue weighted by molar-refractivity contribution is 5.92. The third-order valence-electron chi connectivity index (χ3n) is 3.09. The highest BCUT2D eigenvalue weighted by atomic mass is 16.2. The van der Waals surface area contributed by atoms with Crippen molar-refractivity contribution in [3.05, 3.63) is 29.6 Å². The molecule has 6 nitrogen and oxygen atoms in total. The van der Waals surface area contributed by atoms with Crippen molar-refractivity contribution in [1.29, 1.82) is 5.26 Å². The van der Waals surface area contributed by atoms with Gasteiger partial charge in [0.2, 0.25) is 5.91 Å². The van der Waals surface area contributed by atoms with Gasteiger partial charge in [-0.25, -0.2) is 4.98 Å². The van der Waals surface area contributed by atoms with Crippen molar-refractivity contribution in [2.24, 2.45) is 0 Å². The summed E-state index contributed by atoms with van der Waals surface area (Å²) in [5, 5.41) is 14.4. The summed E-state index contributed by atoms with van der Waals surface area (Å²) in [5.74, 6) is -0.326. The average Bonchev–Trinajstić information content (AvgIpc) is 2.42. The van der Waals surface area contributed by atoms with Crippen LogP contribution in [0.25, 0.3) is 0 Å². The van der Waals surface area contributed by atoms with E-state index in [4.69, 9.17) is 5.26 Å². The molecule has 6 heteroatoms. The smallest absolute Gasteiger partial charge is 0.270 e. The fraction of sp³-hybridized carbons (Fsp3) is 0.385.